The Bertz CT molecular complexity index is 585. The lowest BCUT2D eigenvalue weighted by molar-refractivity contribution is 0.0696. The van der Waals surface area contributed by atoms with Crippen LogP contribution in [0, 0.1) is 0 Å². The molecule has 1 aliphatic rings. The summed E-state index contributed by atoms with van der Waals surface area (Å²) in [5, 5.41) is 9.13. The molecule has 0 bridgehead atoms. The second kappa shape index (κ2) is 4.42. The lowest BCUT2D eigenvalue weighted by Crippen LogP contribution is -2.18. The number of fused-ring (bicyclic) bond motifs is 1. The van der Waals surface area contributed by atoms with Gasteiger partial charge in [0.25, 0.3) is 0 Å². The van der Waals surface area contributed by atoms with E-state index in [1.165, 1.54) is 0 Å². The zero-order valence-corrected chi connectivity index (χ0v) is 9.87. The maximum atomic E-state index is 11.1. The fourth-order valence-corrected chi connectivity index (χ4v) is 2.48. The van der Waals surface area contributed by atoms with Gasteiger partial charge in [0.05, 0.1) is 17.4 Å². The number of carbonyl (C=O) groups is 1. The van der Waals surface area contributed by atoms with E-state index in [4.69, 9.17) is 9.84 Å². The maximum Gasteiger partial charge on any atom is 0.337 e. The first-order valence-corrected chi connectivity index (χ1v) is 6.04. The van der Waals surface area contributed by atoms with Crippen LogP contribution in [-0.2, 0) is 4.74 Å². The number of carboxylic acids is 1. The van der Waals surface area contributed by atoms with Crippen molar-refractivity contribution in [3.05, 3.63) is 30.1 Å². The van der Waals surface area contributed by atoms with E-state index in [1.54, 1.807) is 18.5 Å². The van der Waals surface area contributed by atoms with Crippen LogP contribution in [0.4, 0.5) is 0 Å². The molecule has 3 rings (SSSR count). The topological polar surface area (TPSA) is 64.3 Å². The molecule has 2 heterocycles. The summed E-state index contributed by atoms with van der Waals surface area (Å²) in [4.78, 5) is 15.4. The Morgan fingerprint density at radius 1 is 1.39 bits per heavy atom. The Hall–Kier alpha value is -1.88. The Balaban J connectivity index is 2.08. The van der Waals surface area contributed by atoms with Gasteiger partial charge in [-0.3, -0.25) is 0 Å². The van der Waals surface area contributed by atoms with Crippen molar-refractivity contribution < 1.29 is 14.6 Å². The maximum absolute atomic E-state index is 11.1. The lowest BCUT2D eigenvalue weighted by atomic mass is 10.1. The van der Waals surface area contributed by atoms with Crippen LogP contribution >= 0.6 is 0 Å². The minimum Gasteiger partial charge on any atom is -0.478 e. The highest BCUT2D eigenvalue weighted by atomic mass is 16.5. The van der Waals surface area contributed by atoms with E-state index >= 15 is 0 Å². The summed E-state index contributed by atoms with van der Waals surface area (Å²) in [6, 6.07) is 5.63. The lowest BCUT2D eigenvalue weighted by Gasteiger charge is -2.23. The number of carboxylic acid groups (broad SMARTS) is 1. The van der Waals surface area contributed by atoms with Crippen molar-refractivity contribution in [1.29, 1.82) is 0 Å². The van der Waals surface area contributed by atoms with Gasteiger partial charge in [-0.05, 0) is 25.0 Å². The van der Waals surface area contributed by atoms with Crippen molar-refractivity contribution in [1.82, 2.24) is 9.55 Å². The molecule has 0 atom stereocenters. The van der Waals surface area contributed by atoms with Gasteiger partial charge in [0.1, 0.15) is 5.52 Å². The van der Waals surface area contributed by atoms with Crippen LogP contribution in [0.15, 0.2) is 24.5 Å². The average molecular weight is 246 g/mol. The normalized spacial score (nSPS) is 17.1. The van der Waals surface area contributed by atoms with Gasteiger partial charge >= 0.3 is 5.97 Å². The first-order valence-electron chi connectivity index (χ1n) is 6.04. The molecule has 94 valence electrons. The molecule has 1 aromatic heterocycles. The summed E-state index contributed by atoms with van der Waals surface area (Å²) in [6.07, 6.45) is 3.64. The van der Waals surface area contributed by atoms with Gasteiger partial charge in [0.2, 0.25) is 0 Å². The van der Waals surface area contributed by atoms with Gasteiger partial charge in [0.15, 0.2) is 0 Å². The molecular formula is C13H14N2O3. The molecule has 1 aliphatic heterocycles. The number of ether oxygens (including phenoxy) is 1. The summed E-state index contributed by atoms with van der Waals surface area (Å²) in [5.41, 5.74) is 1.72. The zero-order valence-electron chi connectivity index (χ0n) is 9.87. The van der Waals surface area contributed by atoms with Crippen molar-refractivity contribution in [3.63, 3.8) is 0 Å². The first-order chi connectivity index (χ1) is 8.77. The molecule has 2 aromatic rings. The number of nitrogens with zero attached hydrogens (tertiary/aromatic N) is 2. The van der Waals surface area contributed by atoms with Gasteiger partial charge in [-0.1, -0.05) is 6.07 Å². The summed E-state index contributed by atoms with van der Waals surface area (Å²) in [7, 11) is 0. The van der Waals surface area contributed by atoms with E-state index in [1.807, 2.05) is 6.07 Å². The molecule has 1 fully saturated rings. The fraction of sp³-hybridized carbons (Fsp3) is 0.385. The van der Waals surface area contributed by atoms with E-state index in [-0.39, 0.29) is 5.56 Å². The summed E-state index contributed by atoms with van der Waals surface area (Å²) >= 11 is 0. The second-order valence-corrected chi connectivity index (χ2v) is 4.47. The van der Waals surface area contributed by atoms with Crippen molar-refractivity contribution in [2.24, 2.45) is 0 Å². The number of hydrogen-bond donors (Lipinski definition) is 1. The van der Waals surface area contributed by atoms with Crippen LogP contribution in [0.2, 0.25) is 0 Å². The van der Waals surface area contributed by atoms with Crippen molar-refractivity contribution in [3.8, 4) is 0 Å². The highest BCUT2D eigenvalue weighted by Gasteiger charge is 2.19. The molecule has 0 unspecified atom stereocenters. The van der Waals surface area contributed by atoms with Crippen LogP contribution in [0.5, 0.6) is 0 Å². The predicted octanol–water partition coefficient (Wildman–Crippen LogP) is 2.09. The summed E-state index contributed by atoms with van der Waals surface area (Å²) < 4.78 is 7.42. The van der Waals surface area contributed by atoms with Crippen LogP contribution < -0.4 is 0 Å². The smallest absolute Gasteiger partial charge is 0.337 e. The summed E-state index contributed by atoms with van der Waals surface area (Å²) in [6.45, 7) is 1.51. The number of aromatic nitrogens is 2. The molecule has 0 radical (unpaired) electrons. The zero-order chi connectivity index (χ0) is 12.5. The minimum absolute atomic E-state index is 0.262. The van der Waals surface area contributed by atoms with Gasteiger partial charge in [-0.15, -0.1) is 0 Å². The molecule has 18 heavy (non-hydrogen) atoms. The Morgan fingerprint density at radius 2 is 2.17 bits per heavy atom. The Morgan fingerprint density at radius 3 is 2.89 bits per heavy atom. The van der Waals surface area contributed by atoms with Gasteiger partial charge < -0.3 is 14.4 Å². The summed E-state index contributed by atoms with van der Waals surface area (Å²) in [5.74, 6) is -0.933. The van der Waals surface area contributed by atoms with Crippen LogP contribution in [0.25, 0.3) is 11.0 Å². The first kappa shape index (κ1) is 11.2. The molecule has 5 nitrogen and oxygen atoms in total. The van der Waals surface area contributed by atoms with E-state index in [2.05, 4.69) is 9.55 Å². The number of rotatable bonds is 2. The van der Waals surface area contributed by atoms with Crippen molar-refractivity contribution >= 4 is 17.0 Å². The fourth-order valence-electron chi connectivity index (χ4n) is 2.48. The molecule has 1 saturated heterocycles. The molecule has 1 N–H and O–H groups in total. The molecule has 0 aliphatic carbocycles. The van der Waals surface area contributed by atoms with Crippen LogP contribution in [0.3, 0.4) is 0 Å². The largest absolute Gasteiger partial charge is 0.478 e. The average Bonchev–Trinajstić information content (AvgIpc) is 2.83. The van der Waals surface area contributed by atoms with E-state index < -0.39 is 5.97 Å². The SMILES string of the molecule is O=C(O)c1cccc2c1ncn2C1CCOCC1. The van der Waals surface area contributed by atoms with Crippen LogP contribution in [0.1, 0.15) is 29.2 Å². The minimum atomic E-state index is -0.933. The van der Waals surface area contributed by atoms with Crippen molar-refractivity contribution in [2.75, 3.05) is 13.2 Å². The number of benzene rings is 1. The number of imidazole rings is 1. The van der Waals surface area contributed by atoms with E-state index in [9.17, 15) is 4.79 Å². The molecule has 0 amide bonds. The van der Waals surface area contributed by atoms with E-state index in [0.717, 1.165) is 31.6 Å². The third kappa shape index (κ3) is 1.76. The molecule has 0 saturated carbocycles. The van der Waals surface area contributed by atoms with E-state index in [0.29, 0.717) is 11.6 Å². The molecule has 5 heteroatoms. The monoisotopic (exact) mass is 246 g/mol. The van der Waals surface area contributed by atoms with Crippen molar-refractivity contribution in [2.45, 2.75) is 18.9 Å². The third-order valence-electron chi connectivity index (χ3n) is 3.42. The number of aromatic carboxylic acids is 1. The molecule has 0 spiro atoms. The highest BCUT2D eigenvalue weighted by Crippen LogP contribution is 2.26. The number of hydrogen-bond acceptors (Lipinski definition) is 3. The third-order valence-corrected chi connectivity index (χ3v) is 3.42. The second-order valence-electron chi connectivity index (χ2n) is 4.47. The highest BCUT2D eigenvalue weighted by molar-refractivity contribution is 6.00. The molecule has 1 aromatic carbocycles. The Labute approximate surface area is 104 Å². The van der Waals surface area contributed by atoms with Crippen LogP contribution in [-0.4, -0.2) is 33.8 Å². The predicted molar refractivity (Wildman–Crippen MR) is 65.8 cm³/mol. The number of para-hydroxylation sites is 1. The quantitative estimate of drug-likeness (QED) is 0.881. The van der Waals surface area contributed by atoms with Gasteiger partial charge in [-0.2, -0.15) is 0 Å². The Kier molecular flexibility index (Phi) is 2.76. The van der Waals surface area contributed by atoms with Gasteiger partial charge in [0, 0.05) is 19.3 Å². The molecular weight excluding hydrogens is 232 g/mol. The standard InChI is InChI=1S/C13H14N2O3/c16-13(17)10-2-1-3-11-12(10)14-8-15(11)9-4-6-18-7-5-9/h1-3,8-9H,4-7H2,(H,16,17). The van der Waals surface area contributed by atoms with Gasteiger partial charge in [-0.25, -0.2) is 9.78 Å².